The summed E-state index contributed by atoms with van der Waals surface area (Å²) >= 11 is 0. The quantitative estimate of drug-likeness (QED) is 0.0152. The van der Waals surface area contributed by atoms with Crippen molar-refractivity contribution in [1.29, 1.82) is 0 Å². The summed E-state index contributed by atoms with van der Waals surface area (Å²) in [4.78, 5) is 147. The van der Waals surface area contributed by atoms with Crippen LogP contribution in [0.15, 0.2) is 60.0 Å². The number of carboxylic acids is 1. The molecule has 29 heteroatoms. The number of benzene rings is 2. The molecule has 11 atom stereocenters. The molecule has 1 unspecified atom stereocenters. The van der Waals surface area contributed by atoms with Gasteiger partial charge < -0.3 is 90.7 Å². The highest BCUT2D eigenvalue weighted by molar-refractivity contribution is 5.98. The first-order chi connectivity index (χ1) is 39.2. The molecule has 0 saturated carbocycles. The summed E-state index contributed by atoms with van der Waals surface area (Å²) in [6, 6.07) is 1.44. The topological polar surface area (TPSA) is 476 Å². The number of imidazole rings is 1. The van der Waals surface area contributed by atoms with Gasteiger partial charge in [-0.25, -0.2) is 9.78 Å². The lowest BCUT2D eigenvalue weighted by molar-refractivity contribution is -0.143. The van der Waals surface area contributed by atoms with Crippen molar-refractivity contribution in [3.63, 3.8) is 0 Å². The van der Waals surface area contributed by atoms with Crippen molar-refractivity contribution in [2.45, 2.75) is 148 Å². The van der Waals surface area contributed by atoms with Crippen LogP contribution in [-0.4, -0.2) is 189 Å². The number of rotatable bonds is 35. The maximum atomic E-state index is 14.5. The Hall–Kier alpha value is -8.28. The molecule has 0 fully saturated rings. The van der Waals surface area contributed by atoms with Crippen LogP contribution >= 0.6 is 0 Å². The average molecular weight is 1170 g/mol. The van der Waals surface area contributed by atoms with Crippen LogP contribution in [0.4, 0.5) is 0 Å². The Kier molecular flexibility index (Phi) is 28.5. The number of fused-ring (bicyclic) bond motifs is 1. The molecule has 1 aromatic heterocycles. The first kappa shape index (κ1) is 69.0. The Bertz CT molecular complexity index is 2700. The molecule has 0 aliphatic rings. The molecule has 2 aromatic carbocycles. The second-order valence-electron chi connectivity index (χ2n) is 20.8. The van der Waals surface area contributed by atoms with E-state index in [0.29, 0.717) is 24.1 Å². The third-order valence-electron chi connectivity index (χ3n) is 13.4. The SMILES string of the molecule is CCC(C)[C@H](NC(=O)CN(CCN)C(=O)CNC(=O)[C@@H](NC(=O)[C@@H](NC(=O)[C@H](Cc1cnc[nH]1)NC(=O)[C@H](Cc1cccc2ccccc12)NC(=O)[C@H](C)NC(=O)[C@@H](N)CCCN=C(N)N)[C@@H](C)O)[C@@H](C)O)C(=O)N[C@H](CC(C)C)C(=O)O. The number of aliphatic hydroxyl groups excluding tert-OH is 2. The zero-order chi connectivity index (χ0) is 62.1. The number of H-pyrrole nitrogens is 1. The molecule has 0 radical (unpaired) electrons. The van der Waals surface area contributed by atoms with Crippen molar-refractivity contribution in [2.75, 3.05) is 32.7 Å². The van der Waals surface area contributed by atoms with Crippen molar-refractivity contribution in [1.82, 2.24) is 57.4 Å². The van der Waals surface area contributed by atoms with Crippen LogP contribution in [0.1, 0.15) is 85.4 Å². The lowest BCUT2D eigenvalue weighted by Gasteiger charge is -2.29. The third-order valence-corrected chi connectivity index (χ3v) is 13.4. The first-order valence-electron chi connectivity index (χ1n) is 27.4. The van der Waals surface area contributed by atoms with Gasteiger partial charge in [-0.2, -0.15) is 0 Å². The standard InChI is InChI=1S/C54H84N16O13/c1-8-29(4)43(51(80)66-40(53(82)83)21-28(2)3)67-41(73)26-70(20-18-55)42(74)25-61-50(79)44(31(6)71)69-52(81)45(32(7)72)68-49(78)39(23-35-24-59-27-62-35)65-48(77)38(22-34-15-11-14-33-13-9-10-16-36(33)34)64-46(75)30(5)63-47(76)37(56)17-12-19-60-54(57)58/h9-11,13-16,24,27-32,37-40,43-45,71-72H,8,12,17-23,25-26,55-56H2,1-7H3,(H,59,62)(H,61,79)(H,63,76)(H,64,75)(H,65,77)(H,66,80)(H,67,73)(H,68,78)(H,69,81)(H,82,83)(H4,57,58,60)/t29?,30-,31+,32+,37-,38-,39-,40+,43-,44-,45-/m0/s1. The number of carbonyl (C=O) groups is 10. The van der Waals surface area contributed by atoms with Gasteiger partial charge in [0.2, 0.25) is 53.2 Å². The monoisotopic (exact) mass is 1160 g/mol. The highest BCUT2D eigenvalue weighted by Crippen LogP contribution is 2.20. The molecular weight excluding hydrogens is 1080 g/mol. The Morgan fingerprint density at radius 2 is 1.29 bits per heavy atom. The number of nitrogens with zero attached hydrogens (tertiary/aromatic N) is 3. The molecule has 0 spiro atoms. The molecule has 1 heterocycles. The number of carboxylic acid groups (broad SMARTS) is 1. The maximum Gasteiger partial charge on any atom is 0.326 e. The molecule has 29 nitrogen and oxygen atoms in total. The van der Waals surface area contributed by atoms with E-state index in [1.807, 2.05) is 24.3 Å². The number of aliphatic carboxylic acids is 1. The summed E-state index contributed by atoms with van der Waals surface area (Å²) in [7, 11) is 0. The summed E-state index contributed by atoms with van der Waals surface area (Å²) in [6.07, 6.45) is 0.0709. The van der Waals surface area contributed by atoms with Crippen LogP contribution in [-0.2, 0) is 60.8 Å². The minimum atomic E-state index is -1.85. The Morgan fingerprint density at radius 3 is 1.89 bits per heavy atom. The van der Waals surface area contributed by atoms with Crippen molar-refractivity contribution in [2.24, 2.45) is 39.8 Å². The average Bonchev–Trinajstić information content (AvgIpc) is 4.12. The summed E-state index contributed by atoms with van der Waals surface area (Å²) in [5, 5.41) is 52.8. The second kappa shape index (κ2) is 34.2. The summed E-state index contributed by atoms with van der Waals surface area (Å²) in [6.45, 7) is 9.20. The predicted octanol–water partition coefficient (Wildman–Crippen LogP) is -4.02. The zero-order valence-corrected chi connectivity index (χ0v) is 48.0. The van der Waals surface area contributed by atoms with Crippen molar-refractivity contribution >= 4 is 75.9 Å². The highest BCUT2D eigenvalue weighted by atomic mass is 16.4. The summed E-state index contributed by atoms with van der Waals surface area (Å²) in [5.41, 5.74) is 23.5. The fraction of sp³-hybridized carbons (Fsp3) is 0.556. The van der Waals surface area contributed by atoms with E-state index in [4.69, 9.17) is 22.9 Å². The van der Waals surface area contributed by atoms with Gasteiger partial charge >= 0.3 is 5.97 Å². The van der Waals surface area contributed by atoms with Gasteiger partial charge in [-0.15, -0.1) is 0 Å². The fourth-order valence-electron chi connectivity index (χ4n) is 8.52. The lowest BCUT2D eigenvalue weighted by atomic mass is 9.97. The van der Waals surface area contributed by atoms with Gasteiger partial charge in [0, 0.05) is 44.4 Å². The molecule has 0 aliphatic heterocycles. The molecule has 0 bridgehead atoms. The lowest BCUT2D eigenvalue weighted by Crippen LogP contribution is -2.62. The summed E-state index contributed by atoms with van der Waals surface area (Å²) < 4.78 is 0. The van der Waals surface area contributed by atoms with Crippen molar-refractivity contribution in [3.05, 3.63) is 66.2 Å². The number of aliphatic hydroxyl groups is 2. The number of guanidine groups is 1. The Balaban J connectivity index is 1.81. The van der Waals surface area contributed by atoms with E-state index in [2.05, 4.69) is 57.5 Å². The van der Waals surface area contributed by atoms with Crippen LogP contribution in [0, 0.1) is 11.8 Å². The number of aromatic amines is 1. The number of carbonyl (C=O) groups excluding carboxylic acids is 9. The maximum absolute atomic E-state index is 14.5. The zero-order valence-electron chi connectivity index (χ0n) is 48.0. The van der Waals surface area contributed by atoms with E-state index in [1.54, 1.807) is 45.9 Å². The molecule has 0 aliphatic carbocycles. The first-order valence-corrected chi connectivity index (χ1v) is 27.4. The van der Waals surface area contributed by atoms with E-state index in [1.165, 1.54) is 19.4 Å². The number of nitrogens with two attached hydrogens (primary N) is 4. The molecule has 0 saturated heterocycles. The van der Waals surface area contributed by atoms with E-state index < -0.39 is 139 Å². The normalized spacial score (nSPS) is 15.2. The summed E-state index contributed by atoms with van der Waals surface area (Å²) in [5.74, 6) is -9.90. The highest BCUT2D eigenvalue weighted by Gasteiger charge is 2.37. The van der Waals surface area contributed by atoms with Crippen LogP contribution in [0.5, 0.6) is 0 Å². The largest absolute Gasteiger partial charge is 0.480 e. The number of aliphatic imine (C=N–C) groups is 1. The molecule has 3 aromatic rings. The van der Waals surface area contributed by atoms with E-state index in [9.17, 15) is 63.3 Å². The minimum absolute atomic E-state index is 0.0721. The number of hydrogen-bond acceptors (Lipinski definition) is 16. The van der Waals surface area contributed by atoms with Gasteiger partial charge in [0.15, 0.2) is 5.96 Å². The van der Waals surface area contributed by atoms with Gasteiger partial charge in [0.25, 0.3) is 0 Å². The van der Waals surface area contributed by atoms with Gasteiger partial charge in [0.1, 0.15) is 42.3 Å². The van der Waals surface area contributed by atoms with Crippen LogP contribution in [0.3, 0.4) is 0 Å². The molecule has 3 rings (SSSR count). The molecule has 20 N–H and O–H groups in total. The number of aromatic nitrogens is 2. The Labute approximate surface area is 481 Å². The van der Waals surface area contributed by atoms with Crippen LogP contribution in [0.2, 0.25) is 0 Å². The second-order valence-corrected chi connectivity index (χ2v) is 20.8. The predicted molar refractivity (Wildman–Crippen MR) is 306 cm³/mol. The van der Waals surface area contributed by atoms with E-state index >= 15 is 0 Å². The van der Waals surface area contributed by atoms with Crippen molar-refractivity contribution in [3.8, 4) is 0 Å². The van der Waals surface area contributed by atoms with Crippen LogP contribution in [0.25, 0.3) is 10.8 Å². The number of amides is 9. The van der Waals surface area contributed by atoms with Gasteiger partial charge in [-0.1, -0.05) is 76.6 Å². The fourth-order valence-corrected chi connectivity index (χ4v) is 8.52. The third kappa shape index (κ3) is 22.9. The molecule has 9 amide bonds. The van der Waals surface area contributed by atoms with Gasteiger partial charge in [0.05, 0.1) is 37.7 Å². The van der Waals surface area contributed by atoms with Crippen molar-refractivity contribution < 1.29 is 63.3 Å². The smallest absolute Gasteiger partial charge is 0.326 e. The Morgan fingerprint density at radius 1 is 0.699 bits per heavy atom. The molecular formula is C54H84N16O13. The van der Waals surface area contributed by atoms with E-state index in [-0.39, 0.29) is 57.2 Å². The molecule has 458 valence electrons. The van der Waals surface area contributed by atoms with Crippen LogP contribution < -0.4 is 65.5 Å². The van der Waals surface area contributed by atoms with Gasteiger partial charge in [-0.3, -0.25) is 48.1 Å². The van der Waals surface area contributed by atoms with E-state index in [0.717, 1.165) is 29.5 Å². The van der Waals surface area contributed by atoms with Gasteiger partial charge in [-0.05, 0) is 68.2 Å². The molecule has 83 heavy (non-hydrogen) atoms. The minimum Gasteiger partial charge on any atom is -0.480 e. The number of nitrogens with one attached hydrogen (secondary N) is 9. The number of hydrogen-bond donors (Lipinski definition) is 16.